The SMILES string of the molecule is CC(=O)Nc1ccc2nc(N3CCN(CC(=O)N4CCCCCC4)CC3)cc(C(=O)O)c2c1.Cl.Cl.Cl. The first kappa shape index (κ1) is 31.7. The average Bonchev–Trinajstić information content (AvgIpc) is 3.08. The van der Waals surface area contributed by atoms with Crippen LogP contribution in [0.2, 0.25) is 0 Å². The predicted molar refractivity (Wildman–Crippen MR) is 148 cm³/mol. The Morgan fingerprint density at radius 1 is 0.917 bits per heavy atom. The number of carboxylic acid groups (broad SMARTS) is 1. The maximum Gasteiger partial charge on any atom is 0.336 e. The van der Waals surface area contributed by atoms with Gasteiger partial charge in [-0.3, -0.25) is 14.5 Å². The second kappa shape index (κ2) is 14.4. The zero-order valence-corrected chi connectivity index (χ0v) is 22.7. The number of hydrogen-bond acceptors (Lipinski definition) is 6. The number of carbonyl (C=O) groups excluding carboxylic acids is 2. The molecule has 2 saturated heterocycles. The summed E-state index contributed by atoms with van der Waals surface area (Å²) in [5, 5.41) is 12.9. The normalized spacial score (nSPS) is 16.1. The number of piperazine rings is 1. The van der Waals surface area contributed by atoms with Crippen LogP contribution in [0.3, 0.4) is 0 Å². The van der Waals surface area contributed by atoms with E-state index >= 15 is 0 Å². The standard InChI is InChI=1S/C24H31N5O4.3ClH/c1-17(30)25-18-6-7-21-19(14-18)20(24(32)33)15-22(26-21)28-12-10-27(11-13-28)16-23(31)29-8-4-2-3-5-9-29;;;/h6-7,14-15H,2-5,8-13,16H2,1H3,(H,25,30)(H,32,33);3*1H. The Bertz CT molecular complexity index is 1060. The first-order chi connectivity index (χ1) is 15.9. The minimum atomic E-state index is -1.04. The molecular weight excluding hydrogens is 529 g/mol. The molecule has 12 heteroatoms. The van der Waals surface area contributed by atoms with Gasteiger partial charge in [-0.2, -0.15) is 0 Å². The number of benzene rings is 1. The first-order valence-corrected chi connectivity index (χ1v) is 11.6. The number of rotatable bonds is 5. The zero-order valence-electron chi connectivity index (χ0n) is 20.3. The Balaban J connectivity index is 0.00000216. The smallest absolute Gasteiger partial charge is 0.336 e. The van der Waals surface area contributed by atoms with Gasteiger partial charge < -0.3 is 20.2 Å². The van der Waals surface area contributed by atoms with Crippen molar-refractivity contribution in [3.63, 3.8) is 0 Å². The van der Waals surface area contributed by atoms with E-state index < -0.39 is 5.97 Å². The second-order valence-corrected chi connectivity index (χ2v) is 8.80. The molecule has 0 bridgehead atoms. The van der Waals surface area contributed by atoms with E-state index in [1.165, 1.54) is 19.8 Å². The molecule has 3 heterocycles. The van der Waals surface area contributed by atoms with Gasteiger partial charge in [0.25, 0.3) is 0 Å². The van der Waals surface area contributed by atoms with Crippen LogP contribution < -0.4 is 10.2 Å². The lowest BCUT2D eigenvalue weighted by Crippen LogP contribution is -2.50. The number of hydrogen-bond donors (Lipinski definition) is 2. The number of likely N-dealkylation sites (tertiary alicyclic amines) is 1. The van der Waals surface area contributed by atoms with E-state index in [0.717, 1.165) is 39.0 Å². The summed E-state index contributed by atoms with van der Waals surface area (Å²) >= 11 is 0. The summed E-state index contributed by atoms with van der Waals surface area (Å²) in [5.74, 6) is -0.434. The van der Waals surface area contributed by atoms with Crippen LogP contribution in [0.5, 0.6) is 0 Å². The van der Waals surface area contributed by atoms with Crippen molar-refractivity contribution in [1.29, 1.82) is 0 Å². The Morgan fingerprint density at radius 3 is 2.14 bits per heavy atom. The van der Waals surface area contributed by atoms with Crippen molar-refractivity contribution in [1.82, 2.24) is 14.8 Å². The number of aromatic carboxylic acids is 1. The lowest BCUT2D eigenvalue weighted by molar-refractivity contribution is -0.132. The van der Waals surface area contributed by atoms with Crippen LogP contribution in [-0.4, -0.2) is 83.5 Å². The number of carboxylic acids is 1. The van der Waals surface area contributed by atoms with E-state index in [9.17, 15) is 19.5 Å². The molecule has 2 amide bonds. The highest BCUT2D eigenvalue weighted by atomic mass is 35.5. The van der Waals surface area contributed by atoms with Crippen molar-refractivity contribution >= 4 is 77.4 Å². The van der Waals surface area contributed by atoms with Gasteiger partial charge in [0.05, 0.1) is 17.6 Å². The molecule has 0 spiro atoms. The van der Waals surface area contributed by atoms with Crippen LogP contribution in [0.25, 0.3) is 10.9 Å². The van der Waals surface area contributed by atoms with Crippen LogP contribution >= 0.6 is 37.2 Å². The van der Waals surface area contributed by atoms with E-state index in [1.807, 2.05) is 4.90 Å². The third-order valence-corrected chi connectivity index (χ3v) is 6.36. The van der Waals surface area contributed by atoms with Crippen LogP contribution in [0.4, 0.5) is 11.5 Å². The maximum absolute atomic E-state index is 12.7. The monoisotopic (exact) mass is 561 g/mol. The highest BCUT2D eigenvalue weighted by molar-refractivity contribution is 6.05. The van der Waals surface area contributed by atoms with Gasteiger partial charge in [-0.15, -0.1) is 37.2 Å². The molecular formula is C24H34Cl3N5O4. The molecule has 2 N–H and O–H groups in total. The summed E-state index contributed by atoms with van der Waals surface area (Å²) in [6.07, 6.45) is 4.58. The Kier molecular flexibility index (Phi) is 12.7. The molecule has 0 saturated carbocycles. The van der Waals surface area contributed by atoms with Gasteiger partial charge in [-0.25, -0.2) is 9.78 Å². The molecule has 0 unspecified atom stereocenters. The van der Waals surface area contributed by atoms with Gasteiger partial charge in [0.1, 0.15) is 5.82 Å². The van der Waals surface area contributed by atoms with Crippen molar-refractivity contribution in [3.05, 3.63) is 29.8 Å². The predicted octanol–water partition coefficient (Wildman–Crippen LogP) is 3.68. The van der Waals surface area contributed by atoms with Crippen LogP contribution in [0.1, 0.15) is 43.0 Å². The topological polar surface area (TPSA) is 106 Å². The number of nitrogens with zero attached hydrogens (tertiary/aromatic N) is 4. The molecule has 2 aromatic rings. The molecule has 9 nitrogen and oxygen atoms in total. The number of aromatic nitrogens is 1. The van der Waals surface area contributed by atoms with Crippen LogP contribution in [0.15, 0.2) is 24.3 Å². The van der Waals surface area contributed by atoms with Crippen molar-refractivity contribution in [2.45, 2.75) is 32.6 Å². The summed E-state index contributed by atoms with van der Waals surface area (Å²) in [4.78, 5) is 46.9. The second-order valence-electron chi connectivity index (χ2n) is 8.80. The van der Waals surface area contributed by atoms with E-state index in [-0.39, 0.29) is 54.6 Å². The lowest BCUT2D eigenvalue weighted by Gasteiger charge is -2.36. The van der Waals surface area contributed by atoms with Gasteiger partial charge in [-0.1, -0.05) is 12.8 Å². The minimum absolute atomic E-state index is 0. The number of halogens is 3. The number of amides is 2. The molecule has 1 aromatic carbocycles. The van der Waals surface area contributed by atoms with Crippen molar-refractivity contribution in [3.8, 4) is 0 Å². The minimum Gasteiger partial charge on any atom is -0.478 e. The van der Waals surface area contributed by atoms with Gasteiger partial charge in [0, 0.05) is 57.3 Å². The summed E-state index contributed by atoms with van der Waals surface area (Å²) in [6.45, 7) is 6.37. The van der Waals surface area contributed by atoms with Gasteiger partial charge in [-0.05, 0) is 37.1 Å². The Labute approximate surface area is 229 Å². The summed E-state index contributed by atoms with van der Waals surface area (Å²) in [6, 6.07) is 6.69. The third-order valence-electron chi connectivity index (χ3n) is 6.36. The van der Waals surface area contributed by atoms with Gasteiger partial charge in [0.15, 0.2) is 0 Å². The highest BCUT2D eigenvalue weighted by Crippen LogP contribution is 2.27. The maximum atomic E-state index is 12.7. The van der Waals surface area contributed by atoms with E-state index in [4.69, 9.17) is 0 Å². The highest BCUT2D eigenvalue weighted by Gasteiger charge is 2.24. The van der Waals surface area contributed by atoms with Crippen molar-refractivity contribution in [2.75, 3.05) is 56.0 Å². The number of fused-ring (bicyclic) bond motifs is 1. The molecule has 0 radical (unpaired) electrons. The molecule has 2 aliphatic heterocycles. The number of anilines is 2. The molecule has 2 fully saturated rings. The lowest BCUT2D eigenvalue weighted by atomic mass is 10.1. The molecule has 1 aromatic heterocycles. The quantitative estimate of drug-likeness (QED) is 0.573. The fraction of sp³-hybridized carbons (Fsp3) is 0.500. The fourth-order valence-electron chi connectivity index (χ4n) is 4.58. The van der Waals surface area contributed by atoms with Crippen molar-refractivity contribution < 1.29 is 19.5 Å². The van der Waals surface area contributed by atoms with E-state index in [1.54, 1.807) is 24.3 Å². The molecule has 2 aliphatic rings. The number of carbonyl (C=O) groups is 3. The number of nitrogens with one attached hydrogen (secondary N) is 1. The van der Waals surface area contributed by atoms with Gasteiger partial charge in [0.2, 0.25) is 11.8 Å². The third kappa shape index (κ3) is 7.83. The zero-order chi connectivity index (χ0) is 23.4. The summed E-state index contributed by atoms with van der Waals surface area (Å²) in [5.41, 5.74) is 1.26. The fourth-order valence-corrected chi connectivity index (χ4v) is 4.58. The average molecular weight is 563 g/mol. The van der Waals surface area contributed by atoms with Crippen molar-refractivity contribution in [2.24, 2.45) is 0 Å². The van der Waals surface area contributed by atoms with Gasteiger partial charge >= 0.3 is 5.97 Å². The molecule has 36 heavy (non-hydrogen) atoms. The summed E-state index contributed by atoms with van der Waals surface area (Å²) < 4.78 is 0. The summed E-state index contributed by atoms with van der Waals surface area (Å²) in [7, 11) is 0. The van der Waals surface area contributed by atoms with Crippen LogP contribution in [0, 0.1) is 0 Å². The Hall–Kier alpha value is -2.33. The van der Waals surface area contributed by atoms with E-state index in [2.05, 4.69) is 20.1 Å². The number of pyridine rings is 1. The first-order valence-electron chi connectivity index (χ1n) is 11.6. The molecule has 200 valence electrons. The van der Waals surface area contributed by atoms with Crippen LogP contribution in [-0.2, 0) is 9.59 Å². The largest absolute Gasteiger partial charge is 0.478 e. The molecule has 0 aliphatic carbocycles. The Morgan fingerprint density at radius 2 is 1.56 bits per heavy atom. The molecule has 4 rings (SSSR count). The van der Waals surface area contributed by atoms with E-state index in [0.29, 0.717) is 42.0 Å². The molecule has 0 atom stereocenters.